The summed E-state index contributed by atoms with van der Waals surface area (Å²) in [6.07, 6.45) is 0. The zero-order chi connectivity index (χ0) is 7.71. The summed E-state index contributed by atoms with van der Waals surface area (Å²) >= 11 is 0. The van der Waals surface area contributed by atoms with E-state index in [1.807, 2.05) is 0 Å². The zero-order valence-corrected chi connectivity index (χ0v) is 12.1. The topological polar surface area (TPSA) is 124 Å². The van der Waals surface area contributed by atoms with E-state index in [9.17, 15) is 9.13 Å². The molecule has 0 amide bonds. The fourth-order valence-corrected chi connectivity index (χ4v) is 1.25. The predicted molar refractivity (Wildman–Crippen MR) is 32.4 cm³/mol. The van der Waals surface area contributed by atoms with E-state index in [1.54, 1.807) is 0 Å². The van der Waals surface area contributed by atoms with Crippen LogP contribution >= 0.6 is 28.1 Å². The van der Waals surface area contributed by atoms with Crippen molar-refractivity contribution >= 4 is 28.1 Å². The first kappa shape index (κ1) is 23.5. The fourth-order valence-electron chi connectivity index (χ4n) is 0.139. The van der Waals surface area contributed by atoms with E-state index in [-0.39, 0.29) is 49.0 Å². The van der Waals surface area contributed by atoms with Gasteiger partial charge in [-0.05, 0) is 0 Å². The maximum Gasteiger partial charge on any atom is 0.478 e. The van der Waals surface area contributed by atoms with Gasteiger partial charge in [-0.2, -0.15) is 4.31 Å². The molecule has 74 valence electrons. The smallest absolute Gasteiger partial charge is 0.302 e. The molecule has 0 spiro atoms. The van der Waals surface area contributed by atoms with Crippen molar-refractivity contribution in [2.45, 2.75) is 0 Å². The number of hydrogen-bond acceptors (Lipinski definition) is 3. The predicted octanol–water partition coefficient (Wildman–Crippen LogP) is -0.395. The molecule has 7 nitrogen and oxygen atoms in total. The molecule has 0 heterocycles. The molecule has 0 unspecified atom stereocenters. The van der Waals surface area contributed by atoms with Crippen LogP contribution in [-0.4, -0.2) is 19.6 Å². The second-order valence-corrected chi connectivity index (χ2v) is 3.68. The Morgan fingerprint density at radius 1 is 0.917 bits per heavy atom. The first-order chi connectivity index (χ1) is 3.71. The quantitative estimate of drug-likeness (QED) is 0.400. The van der Waals surface area contributed by atoms with Gasteiger partial charge in [-0.25, -0.2) is 9.13 Å². The Labute approximate surface area is 97.4 Å². The Hall–Kier alpha value is 1.69. The van der Waals surface area contributed by atoms with Crippen LogP contribution < -0.4 is 0 Å². The molecule has 0 aliphatic rings. The van der Waals surface area contributed by atoms with Gasteiger partial charge in [0.05, 0.1) is 0 Å². The van der Waals surface area contributed by atoms with Gasteiger partial charge in [0.2, 0.25) is 0 Å². The number of phosphoric acid groups is 2. The van der Waals surface area contributed by atoms with Crippen LogP contribution in [0.15, 0.2) is 0 Å². The second kappa shape index (κ2) is 8.04. The zero-order valence-electron chi connectivity index (χ0n) is 5.38. The average Bonchev–Trinajstić information content (AvgIpc) is 1.14. The van der Waals surface area contributed by atoms with Gasteiger partial charge in [-0.15, -0.1) is 12.4 Å². The Balaban J connectivity index is -0.000000107. The van der Waals surface area contributed by atoms with Crippen LogP contribution in [-0.2, 0) is 50.0 Å². The molecule has 0 aromatic carbocycles. The first-order valence-corrected chi connectivity index (χ1v) is 4.59. The van der Waals surface area contributed by atoms with Crippen molar-refractivity contribution < 1.29 is 69.6 Å². The normalized spacial score (nSPS) is 10.3. The van der Waals surface area contributed by atoms with E-state index >= 15 is 0 Å². The molecule has 0 saturated heterocycles. The molecule has 12 heavy (non-hydrogen) atoms. The summed E-state index contributed by atoms with van der Waals surface area (Å²) in [6, 6.07) is 0. The fraction of sp³-hybridized carbons (Fsp3) is 0. The molecular weight excluding hydrogens is 331 g/mol. The van der Waals surface area contributed by atoms with Gasteiger partial charge in [-0.3, -0.25) is 0 Å². The summed E-state index contributed by atoms with van der Waals surface area (Å²) in [5.41, 5.74) is 0. The number of hydrogen-bond donors (Lipinski definition) is 4. The molecular formula is H5ClFeO7P2Zn. The van der Waals surface area contributed by atoms with E-state index in [4.69, 9.17) is 19.6 Å². The molecule has 0 aromatic rings. The van der Waals surface area contributed by atoms with Gasteiger partial charge in [0.1, 0.15) is 0 Å². The molecule has 0 aliphatic carbocycles. The van der Waals surface area contributed by atoms with Gasteiger partial charge < -0.3 is 19.6 Å². The maximum atomic E-state index is 9.63. The molecule has 0 atom stereocenters. The third-order valence-corrected chi connectivity index (χ3v) is 1.91. The Morgan fingerprint density at radius 2 is 1.08 bits per heavy atom. The van der Waals surface area contributed by atoms with Crippen LogP contribution in [0, 0.1) is 0 Å². The van der Waals surface area contributed by atoms with Crippen LogP contribution in [0.4, 0.5) is 0 Å². The van der Waals surface area contributed by atoms with Gasteiger partial charge in [0.15, 0.2) is 0 Å². The molecule has 0 saturated carbocycles. The van der Waals surface area contributed by atoms with Crippen molar-refractivity contribution in [1.29, 1.82) is 0 Å². The number of halogens is 1. The van der Waals surface area contributed by atoms with Crippen LogP contribution in [0.3, 0.4) is 0 Å². The van der Waals surface area contributed by atoms with Gasteiger partial charge in [0.25, 0.3) is 0 Å². The minimum atomic E-state index is -5.05. The summed E-state index contributed by atoms with van der Waals surface area (Å²) in [4.78, 5) is 31.0. The third kappa shape index (κ3) is 22.6. The maximum absolute atomic E-state index is 9.63. The van der Waals surface area contributed by atoms with Crippen molar-refractivity contribution in [1.82, 2.24) is 0 Å². The third-order valence-electron chi connectivity index (χ3n) is 0.213. The Morgan fingerprint density at radius 3 is 1.08 bits per heavy atom. The van der Waals surface area contributed by atoms with E-state index in [0.29, 0.717) is 0 Å². The molecule has 0 fully saturated rings. The van der Waals surface area contributed by atoms with Crippen molar-refractivity contribution in [2.24, 2.45) is 0 Å². The largest absolute Gasteiger partial charge is 0.478 e. The molecule has 0 aromatic heterocycles. The molecule has 12 heteroatoms. The summed E-state index contributed by atoms with van der Waals surface area (Å²) < 4.78 is 22.2. The van der Waals surface area contributed by atoms with Crippen LogP contribution in [0.1, 0.15) is 0 Å². The minimum Gasteiger partial charge on any atom is -0.302 e. The van der Waals surface area contributed by atoms with Crippen molar-refractivity contribution in [2.75, 3.05) is 0 Å². The van der Waals surface area contributed by atoms with Crippen molar-refractivity contribution in [3.63, 3.8) is 0 Å². The standard InChI is InChI=1S/ClH.Fe.H4O7P2.Zn/c;;1-8(2,3)7-9(4,5)6;/h1H;;(H2,1,2,3)(H2,4,5,6);. The van der Waals surface area contributed by atoms with Crippen molar-refractivity contribution in [3.05, 3.63) is 0 Å². The molecule has 0 rings (SSSR count). The molecule has 0 radical (unpaired) electrons. The second-order valence-electron chi connectivity index (χ2n) is 1.06. The summed E-state index contributed by atoms with van der Waals surface area (Å²) in [5, 5.41) is 0. The van der Waals surface area contributed by atoms with E-state index in [0.717, 1.165) is 0 Å². The summed E-state index contributed by atoms with van der Waals surface area (Å²) in [5.74, 6) is 0. The number of rotatable bonds is 2. The van der Waals surface area contributed by atoms with Crippen LogP contribution in [0.2, 0.25) is 0 Å². The Bertz CT molecular complexity index is 162. The monoisotopic (exact) mass is 334 g/mol. The first-order valence-electron chi connectivity index (χ1n) is 1.53. The molecule has 0 aliphatic heterocycles. The van der Waals surface area contributed by atoms with Gasteiger partial charge in [-0.1, -0.05) is 0 Å². The summed E-state index contributed by atoms with van der Waals surface area (Å²) in [6.45, 7) is 0. The van der Waals surface area contributed by atoms with Gasteiger partial charge >= 0.3 is 15.6 Å². The minimum absolute atomic E-state index is 0. The molecule has 4 N–H and O–H groups in total. The van der Waals surface area contributed by atoms with E-state index in [1.165, 1.54) is 0 Å². The van der Waals surface area contributed by atoms with Gasteiger partial charge in [0, 0.05) is 36.5 Å². The van der Waals surface area contributed by atoms with E-state index in [2.05, 4.69) is 4.31 Å². The van der Waals surface area contributed by atoms with E-state index < -0.39 is 15.6 Å². The molecule has 0 bridgehead atoms. The van der Waals surface area contributed by atoms with Crippen LogP contribution in [0.25, 0.3) is 0 Å². The summed E-state index contributed by atoms with van der Waals surface area (Å²) in [7, 11) is -10.1. The SMILES string of the molecule is Cl.O=P(O)(O)OP(=O)(O)O.[Fe].[Zn]. The average molecular weight is 336 g/mol. The Kier molecular flexibility index (Phi) is 15.7. The van der Waals surface area contributed by atoms with Crippen molar-refractivity contribution in [3.8, 4) is 0 Å². The van der Waals surface area contributed by atoms with Crippen LogP contribution in [0.5, 0.6) is 0 Å².